The zero-order valence-electron chi connectivity index (χ0n) is 19.3. The predicted molar refractivity (Wildman–Crippen MR) is 122 cm³/mol. The maximum absolute atomic E-state index is 12.7. The number of aliphatic carboxylic acids is 1. The first-order valence-corrected chi connectivity index (χ1v) is 11.3. The number of carbonyl (C=O) groups excluding carboxylic acids is 2. The molecule has 0 aromatic heterocycles. The Morgan fingerprint density at radius 2 is 1.47 bits per heavy atom. The molecule has 182 valence electrons. The van der Waals surface area contributed by atoms with Gasteiger partial charge in [-0.25, -0.2) is 9.59 Å². The summed E-state index contributed by atoms with van der Waals surface area (Å²) >= 11 is 0. The van der Waals surface area contributed by atoms with Gasteiger partial charge in [0.2, 0.25) is 0 Å². The Bertz CT molecular complexity index is 944. The minimum Gasteiger partial charge on any atom is -0.481 e. The lowest BCUT2D eigenvalue weighted by molar-refractivity contribution is -0.274. The van der Waals surface area contributed by atoms with Crippen LogP contribution in [0.15, 0.2) is 60.7 Å². The first kappa shape index (κ1) is 25.4. The minimum absolute atomic E-state index is 0.00751. The molecule has 8 nitrogen and oxygen atoms in total. The van der Waals surface area contributed by atoms with Gasteiger partial charge in [-0.1, -0.05) is 50.2 Å². The van der Waals surface area contributed by atoms with E-state index in [0.29, 0.717) is 11.1 Å². The van der Waals surface area contributed by atoms with Crippen molar-refractivity contribution in [2.45, 2.75) is 45.2 Å². The van der Waals surface area contributed by atoms with Gasteiger partial charge in [-0.15, -0.1) is 0 Å². The van der Waals surface area contributed by atoms with E-state index in [1.165, 1.54) is 0 Å². The van der Waals surface area contributed by atoms with Crippen LogP contribution in [-0.2, 0) is 23.7 Å². The molecule has 0 bridgehead atoms. The molecule has 2 aromatic carbocycles. The second-order valence-corrected chi connectivity index (χ2v) is 8.33. The molecule has 8 heteroatoms. The number of carbonyl (C=O) groups is 3. The molecule has 1 aliphatic heterocycles. The highest BCUT2D eigenvalue weighted by molar-refractivity contribution is 5.89. The largest absolute Gasteiger partial charge is 0.481 e. The minimum atomic E-state index is -0.923. The van der Waals surface area contributed by atoms with Crippen molar-refractivity contribution in [3.8, 4) is 0 Å². The van der Waals surface area contributed by atoms with Crippen LogP contribution >= 0.6 is 0 Å². The summed E-state index contributed by atoms with van der Waals surface area (Å²) in [5, 5.41) is 8.88. The van der Waals surface area contributed by atoms with Crippen LogP contribution in [0.2, 0.25) is 0 Å². The number of esters is 2. The Balaban J connectivity index is 1.68. The molecule has 1 aliphatic rings. The third-order valence-corrected chi connectivity index (χ3v) is 5.97. The van der Waals surface area contributed by atoms with Gasteiger partial charge in [-0.2, -0.15) is 0 Å². The van der Waals surface area contributed by atoms with Gasteiger partial charge < -0.3 is 24.1 Å². The molecular formula is C26H30O8. The standard InChI is InChI=1S/C26H30O8/c1-17-18(2)23(34-25(30)20-12-7-4-8-13-20)26(31-15-9-14-22(27)28)33-21(17)16-32-24(29)19-10-5-3-6-11-19/h3-8,10-13,17-18,21,23,26H,9,14-16H2,1-2H3,(H,27,28)/t17?,18-,21?,23?,26+/m0/s1. The fourth-order valence-corrected chi connectivity index (χ4v) is 3.75. The third kappa shape index (κ3) is 6.88. The molecule has 0 aliphatic carbocycles. The molecule has 2 aromatic rings. The van der Waals surface area contributed by atoms with Gasteiger partial charge in [0.15, 0.2) is 12.4 Å². The summed E-state index contributed by atoms with van der Waals surface area (Å²) in [7, 11) is 0. The van der Waals surface area contributed by atoms with Gasteiger partial charge >= 0.3 is 17.9 Å². The Kier molecular flexibility index (Phi) is 9.18. The van der Waals surface area contributed by atoms with E-state index in [4.69, 9.17) is 24.1 Å². The van der Waals surface area contributed by atoms with Crippen molar-refractivity contribution in [2.75, 3.05) is 13.2 Å². The molecule has 1 heterocycles. The average molecular weight is 471 g/mol. The number of rotatable bonds is 10. The monoisotopic (exact) mass is 470 g/mol. The zero-order chi connectivity index (χ0) is 24.5. The van der Waals surface area contributed by atoms with E-state index in [2.05, 4.69) is 0 Å². The summed E-state index contributed by atoms with van der Waals surface area (Å²) in [4.78, 5) is 35.9. The molecule has 3 unspecified atom stereocenters. The molecule has 3 rings (SSSR count). The van der Waals surface area contributed by atoms with Crippen molar-refractivity contribution in [2.24, 2.45) is 11.8 Å². The van der Waals surface area contributed by atoms with Crippen LogP contribution in [0.5, 0.6) is 0 Å². The highest BCUT2D eigenvalue weighted by atomic mass is 16.7. The van der Waals surface area contributed by atoms with E-state index < -0.39 is 36.4 Å². The molecule has 0 amide bonds. The van der Waals surface area contributed by atoms with E-state index in [9.17, 15) is 14.4 Å². The third-order valence-electron chi connectivity index (χ3n) is 5.97. The van der Waals surface area contributed by atoms with Crippen LogP contribution in [0.3, 0.4) is 0 Å². The predicted octanol–water partition coefficient (Wildman–Crippen LogP) is 3.95. The van der Waals surface area contributed by atoms with E-state index in [-0.39, 0.29) is 37.9 Å². The van der Waals surface area contributed by atoms with Gasteiger partial charge in [0.1, 0.15) is 6.61 Å². The zero-order valence-corrected chi connectivity index (χ0v) is 19.3. The lowest BCUT2D eigenvalue weighted by atomic mass is 9.83. The quantitative estimate of drug-likeness (QED) is 0.411. The van der Waals surface area contributed by atoms with Crippen LogP contribution in [-0.4, -0.2) is 54.7 Å². The summed E-state index contributed by atoms with van der Waals surface area (Å²) in [6.45, 7) is 3.99. The topological polar surface area (TPSA) is 108 Å². The molecule has 34 heavy (non-hydrogen) atoms. The smallest absolute Gasteiger partial charge is 0.338 e. The summed E-state index contributed by atoms with van der Waals surface area (Å²) in [6, 6.07) is 17.3. The van der Waals surface area contributed by atoms with E-state index in [1.807, 2.05) is 19.9 Å². The Labute approximate surface area is 198 Å². The Morgan fingerprint density at radius 1 is 0.882 bits per heavy atom. The van der Waals surface area contributed by atoms with Gasteiger partial charge in [0.25, 0.3) is 0 Å². The maximum atomic E-state index is 12.7. The lowest BCUT2D eigenvalue weighted by Gasteiger charge is -2.43. The van der Waals surface area contributed by atoms with E-state index >= 15 is 0 Å². The van der Waals surface area contributed by atoms with Gasteiger partial charge in [-0.3, -0.25) is 4.79 Å². The number of carboxylic acid groups (broad SMARTS) is 1. The molecule has 5 atom stereocenters. The number of hydrogen-bond acceptors (Lipinski definition) is 7. The molecule has 0 saturated carbocycles. The second-order valence-electron chi connectivity index (χ2n) is 8.33. The highest BCUT2D eigenvalue weighted by Crippen LogP contribution is 2.34. The summed E-state index contributed by atoms with van der Waals surface area (Å²) in [5.74, 6) is -2.17. The highest BCUT2D eigenvalue weighted by Gasteiger charge is 2.45. The summed E-state index contributed by atoms with van der Waals surface area (Å²) in [5.41, 5.74) is 0.848. The summed E-state index contributed by atoms with van der Waals surface area (Å²) in [6.07, 6.45) is -1.89. The maximum Gasteiger partial charge on any atom is 0.338 e. The molecule has 0 spiro atoms. The number of carboxylic acids is 1. The van der Waals surface area contributed by atoms with Crippen molar-refractivity contribution < 1.29 is 38.4 Å². The van der Waals surface area contributed by atoms with Crippen molar-refractivity contribution in [1.29, 1.82) is 0 Å². The second kappa shape index (κ2) is 12.3. The fraction of sp³-hybridized carbons (Fsp3) is 0.423. The van der Waals surface area contributed by atoms with Gasteiger partial charge in [0.05, 0.1) is 23.8 Å². The van der Waals surface area contributed by atoms with Gasteiger partial charge in [-0.05, 0) is 36.6 Å². The van der Waals surface area contributed by atoms with Crippen LogP contribution in [0.4, 0.5) is 0 Å². The first-order chi connectivity index (χ1) is 16.4. The fourth-order valence-electron chi connectivity index (χ4n) is 3.75. The average Bonchev–Trinajstić information content (AvgIpc) is 2.85. The number of ether oxygens (including phenoxy) is 4. The van der Waals surface area contributed by atoms with Gasteiger partial charge in [0, 0.05) is 12.3 Å². The van der Waals surface area contributed by atoms with Crippen molar-refractivity contribution >= 4 is 17.9 Å². The Morgan fingerprint density at radius 3 is 2.06 bits per heavy atom. The van der Waals surface area contributed by atoms with E-state index in [0.717, 1.165) is 0 Å². The van der Waals surface area contributed by atoms with E-state index in [1.54, 1.807) is 54.6 Å². The number of benzene rings is 2. The molecular weight excluding hydrogens is 440 g/mol. The van der Waals surface area contributed by atoms with Crippen LogP contribution in [0.25, 0.3) is 0 Å². The molecule has 1 saturated heterocycles. The molecule has 1 N–H and O–H groups in total. The van der Waals surface area contributed by atoms with Crippen molar-refractivity contribution in [3.63, 3.8) is 0 Å². The normalized spacial score (nSPS) is 24.2. The van der Waals surface area contributed by atoms with Crippen molar-refractivity contribution in [3.05, 3.63) is 71.8 Å². The first-order valence-electron chi connectivity index (χ1n) is 11.3. The SMILES string of the molecule is CC1C(COC(=O)c2ccccc2)O[C@@H](OCCCC(=O)O)C(OC(=O)c2ccccc2)[C@H]1C. The molecule has 1 fully saturated rings. The lowest BCUT2D eigenvalue weighted by Crippen LogP contribution is -2.53. The molecule has 0 radical (unpaired) electrons. The number of hydrogen-bond donors (Lipinski definition) is 1. The summed E-state index contributed by atoms with van der Waals surface area (Å²) < 4.78 is 23.2. The van der Waals surface area contributed by atoms with Crippen LogP contribution < -0.4 is 0 Å². The van der Waals surface area contributed by atoms with Crippen molar-refractivity contribution in [1.82, 2.24) is 0 Å². The van der Waals surface area contributed by atoms with Crippen LogP contribution in [0.1, 0.15) is 47.4 Å². The Hall–Kier alpha value is -3.23. The van der Waals surface area contributed by atoms with Crippen LogP contribution in [0, 0.1) is 11.8 Å².